The van der Waals surface area contributed by atoms with Crippen LogP contribution in [0.4, 0.5) is 0 Å². The average Bonchev–Trinajstić information content (AvgIpc) is 3.11. The van der Waals surface area contributed by atoms with Crippen molar-refractivity contribution in [3.8, 4) is 0 Å². The Hall–Kier alpha value is -0.0800. The molecular formula is C15H30N2. The van der Waals surface area contributed by atoms with E-state index in [1.807, 2.05) is 0 Å². The van der Waals surface area contributed by atoms with E-state index in [2.05, 4.69) is 24.1 Å². The molecule has 17 heavy (non-hydrogen) atoms. The van der Waals surface area contributed by atoms with E-state index in [0.717, 1.165) is 17.9 Å². The molecule has 0 amide bonds. The molecule has 1 aliphatic carbocycles. The first-order valence-electron chi connectivity index (χ1n) is 7.70. The molecule has 1 saturated carbocycles. The summed E-state index contributed by atoms with van der Waals surface area (Å²) >= 11 is 0. The molecule has 0 aromatic heterocycles. The van der Waals surface area contributed by atoms with Crippen molar-refractivity contribution in [2.45, 2.75) is 58.4 Å². The van der Waals surface area contributed by atoms with E-state index in [1.54, 1.807) is 0 Å². The summed E-state index contributed by atoms with van der Waals surface area (Å²) in [5.74, 6) is 1.90. The summed E-state index contributed by atoms with van der Waals surface area (Å²) in [6, 6.07) is 0.817. The quantitative estimate of drug-likeness (QED) is 0.733. The summed E-state index contributed by atoms with van der Waals surface area (Å²) in [6.07, 6.45) is 8.46. The van der Waals surface area contributed by atoms with Crippen LogP contribution in [0.5, 0.6) is 0 Å². The van der Waals surface area contributed by atoms with E-state index in [4.69, 9.17) is 0 Å². The highest BCUT2D eigenvalue weighted by molar-refractivity contribution is 4.81. The van der Waals surface area contributed by atoms with Crippen molar-refractivity contribution in [1.82, 2.24) is 10.2 Å². The monoisotopic (exact) mass is 238 g/mol. The molecule has 2 heteroatoms. The predicted molar refractivity (Wildman–Crippen MR) is 74.3 cm³/mol. The molecule has 0 bridgehead atoms. The Morgan fingerprint density at radius 3 is 2.41 bits per heavy atom. The highest BCUT2D eigenvalue weighted by atomic mass is 15.1. The standard InChI is InChI=1S/C15H30N2/c1-13(2)4-3-9-17-10-7-15(8-11-17)16-12-14-5-6-14/h13-16H,3-12H2,1-2H3. The van der Waals surface area contributed by atoms with Crippen LogP contribution in [0, 0.1) is 11.8 Å². The Morgan fingerprint density at radius 1 is 1.12 bits per heavy atom. The zero-order chi connectivity index (χ0) is 12.1. The molecule has 0 aromatic rings. The summed E-state index contributed by atoms with van der Waals surface area (Å²) in [7, 11) is 0. The van der Waals surface area contributed by atoms with Crippen LogP contribution in [0.15, 0.2) is 0 Å². The van der Waals surface area contributed by atoms with Crippen molar-refractivity contribution >= 4 is 0 Å². The SMILES string of the molecule is CC(C)CCCN1CCC(NCC2CC2)CC1. The zero-order valence-corrected chi connectivity index (χ0v) is 11.8. The molecule has 1 N–H and O–H groups in total. The van der Waals surface area contributed by atoms with Crippen LogP contribution >= 0.6 is 0 Å². The molecule has 2 fully saturated rings. The maximum atomic E-state index is 3.75. The van der Waals surface area contributed by atoms with Crippen LogP contribution in [0.1, 0.15) is 52.4 Å². The number of hydrogen-bond donors (Lipinski definition) is 1. The fraction of sp³-hybridized carbons (Fsp3) is 1.00. The number of nitrogens with zero attached hydrogens (tertiary/aromatic N) is 1. The largest absolute Gasteiger partial charge is 0.314 e. The lowest BCUT2D eigenvalue weighted by atomic mass is 10.0. The summed E-state index contributed by atoms with van der Waals surface area (Å²) in [5.41, 5.74) is 0. The molecule has 2 nitrogen and oxygen atoms in total. The van der Waals surface area contributed by atoms with Gasteiger partial charge in [0.25, 0.3) is 0 Å². The predicted octanol–water partition coefficient (Wildman–Crippen LogP) is 2.89. The maximum Gasteiger partial charge on any atom is 0.00915 e. The van der Waals surface area contributed by atoms with E-state index in [1.165, 1.54) is 64.7 Å². The lowest BCUT2D eigenvalue weighted by Crippen LogP contribution is -2.43. The first-order valence-corrected chi connectivity index (χ1v) is 7.70. The average molecular weight is 238 g/mol. The fourth-order valence-electron chi connectivity index (χ4n) is 2.74. The Balaban J connectivity index is 1.50. The molecular weight excluding hydrogens is 208 g/mol. The van der Waals surface area contributed by atoms with Crippen molar-refractivity contribution in [2.75, 3.05) is 26.2 Å². The minimum Gasteiger partial charge on any atom is -0.314 e. The molecule has 0 radical (unpaired) electrons. The molecule has 1 aliphatic heterocycles. The molecule has 1 heterocycles. The third kappa shape index (κ3) is 5.39. The molecule has 2 aliphatic rings. The lowest BCUT2D eigenvalue weighted by Gasteiger charge is -2.32. The first kappa shape index (κ1) is 13.4. The minimum atomic E-state index is 0.817. The van der Waals surface area contributed by atoms with Crippen molar-refractivity contribution in [1.29, 1.82) is 0 Å². The van der Waals surface area contributed by atoms with E-state index in [9.17, 15) is 0 Å². The second-order valence-electron chi connectivity index (χ2n) is 6.50. The van der Waals surface area contributed by atoms with Crippen molar-refractivity contribution < 1.29 is 0 Å². The van der Waals surface area contributed by atoms with Gasteiger partial charge in [-0.1, -0.05) is 13.8 Å². The highest BCUT2D eigenvalue weighted by Gasteiger charge is 2.24. The van der Waals surface area contributed by atoms with Gasteiger partial charge >= 0.3 is 0 Å². The number of nitrogens with one attached hydrogen (secondary N) is 1. The fourth-order valence-corrected chi connectivity index (χ4v) is 2.74. The normalized spacial score (nSPS) is 23.5. The van der Waals surface area contributed by atoms with Gasteiger partial charge in [0.1, 0.15) is 0 Å². The first-order chi connectivity index (χ1) is 8.24. The minimum absolute atomic E-state index is 0.817. The molecule has 0 spiro atoms. The molecule has 100 valence electrons. The van der Waals surface area contributed by atoms with Crippen LogP contribution in [-0.4, -0.2) is 37.1 Å². The van der Waals surface area contributed by atoms with Gasteiger partial charge < -0.3 is 10.2 Å². The Labute approximate surface area is 107 Å². The summed E-state index contributed by atoms with van der Waals surface area (Å²) in [4.78, 5) is 2.66. The van der Waals surface area contributed by atoms with Crippen LogP contribution in [-0.2, 0) is 0 Å². The number of likely N-dealkylation sites (tertiary alicyclic amines) is 1. The highest BCUT2D eigenvalue weighted by Crippen LogP contribution is 2.28. The van der Waals surface area contributed by atoms with Crippen LogP contribution in [0.3, 0.4) is 0 Å². The van der Waals surface area contributed by atoms with Gasteiger partial charge in [0.2, 0.25) is 0 Å². The van der Waals surface area contributed by atoms with Crippen molar-refractivity contribution in [3.05, 3.63) is 0 Å². The van der Waals surface area contributed by atoms with E-state index < -0.39 is 0 Å². The van der Waals surface area contributed by atoms with Gasteiger partial charge in [0.05, 0.1) is 0 Å². The summed E-state index contributed by atoms with van der Waals surface area (Å²) in [5, 5.41) is 3.75. The van der Waals surface area contributed by atoms with Crippen LogP contribution in [0.2, 0.25) is 0 Å². The van der Waals surface area contributed by atoms with Gasteiger partial charge in [-0.25, -0.2) is 0 Å². The summed E-state index contributed by atoms with van der Waals surface area (Å²) < 4.78 is 0. The number of hydrogen-bond acceptors (Lipinski definition) is 2. The third-order valence-electron chi connectivity index (χ3n) is 4.24. The van der Waals surface area contributed by atoms with E-state index >= 15 is 0 Å². The van der Waals surface area contributed by atoms with Crippen LogP contribution in [0.25, 0.3) is 0 Å². The van der Waals surface area contributed by atoms with Gasteiger partial charge in [-0.2, -0.15) is 0 Å². The maximum absolute atomic E-state index is 3.75. The van der Waals surface area contributed by atoms with Gasteiger partial charge in [-0.15, -0.1) is 0 Å². The molecule has 0 atom stereocenters. The Bertz CT molecular complexity index is 203. The van der Waals surface area contributed by atoms with Gasteiger partial charge in [-0.05, 0) is 76.5 Å². The molecule has 1 saturated heterocycles. The topological polar surface area (TPSA) is 15.3 Å². The lowest BCUT2D eigenvalue weighted by molar-refractivity contribution is 0.192. The molecule has 0 unspecified atom stereocenters. The molecule has 0 aromatic carbocycles. The number of rotatable bonds is 7. The third-order valence-corrected chi connectivity index (χ3v) is 4.24. The second kappa shape index (κ2) is 6.75. The summed E-state index contributed by atoms with van der Waals surface area (Å²) in [6.45, 7) is 9.91. The van der Waals surface area contributed by atoms with E-state index in [0.29, 0.717) is 0 Å². The van der Waals surface area contributed by atoms with Gasteiger partial charge in [0.15, 0.2) is 0 Å². The van der Waals surface area contributed by atoms with Crippen molar-refractivity contribution in [3.63, 3.8) is 0 Å². The number of piperidine rings is 1. The van der Waals surface area contributed by atoms with Gasteiger partial charge in [-0.3, -0.25) is 0 Å². The Kier molecular flexibility index (Phi) is 5.30. The van der Waals surface area contributed by atoms with Crippen LogP contribution < -0.4 is 5.32 Å². The molecule has 2 rings (SSSR count). The smallest absolute Gasteiger partial charge is 0.00915 e. The second-order valence-corrected chi connectivity index (χ2v) is 6.50. The van der Waals surface area contributed by atoms with Crippen molar-refractivity contribution in [2.24, 2.45) is 11.8 Å². The van der Waals surface area contributed by atoms with Gasteiger partial charge in [0, 0.05) is 6.04 Å². The Morgan fingerprint density at radius 2 is 1.82 bits per heavy atom. The zero-order valence-electron chi connectivity index (χ0n) is 11.8. The van der Waals surface area contributed by atoms with E-state index in [-0.39, 0.29) is 0 Å².